The molecule has 0 fully saturated rings. The molecule has 3 heterocycles. The SMILES string of the molecule is COCCn1ccc2cc(Nc3ncnc4c3cnn4C)ccc21. The molecule has 0 aliphatic carbocycles. The molecule has 122 valence electrons. The number of methoxy groups -OCH3 is 1. The molecule has 1 N–H and O–H groups in total. The summed E-state index contributed by atoms with van der Waals surface area (Å²) < 4.78 is 9.08. The van der Waals surface area contributed by atoms with Crippen LogP contribution < -0.4 is 5.32 Å². The van der Waals surface area contributed by atoms with Crippen LogP contribution in [0.2, 0.25) is 0 Å². The predicted octanol–water partition coefficient (Wildman–Crippen LogP) is 2.71. The van der Waals surface area contributed by atoms with Crippen molar-refractivity contribution in [1.82, 2.24) is 24.3 Å². The van der Waals surface area contributed by atoms with Crippen molar-refractivity contribution in [3.8, 4) is 0 Å². The zero-order chi connectivity index (χ0) is 16.5. The molecular weight excluding hydrogens is 304 g/mol. The number of nitrogens with zero attached hydrogens (tertiary/aromatic N) is 5. The standard InChI is InChI=1S/C17H18N6O/c1-22-17-14(10-20-22)16(18-11-19-17)21-13-3-4-15-12(9-13)5-6-23(15)7-8-24-2/h3-6,9-11H,7-8H2,1-2H3,(H,18,19,21). The highest BCUT2D eigenvalue weighted by molar-refractivity contribution is 5.90. The van der Waals surface area contributed by atoms with Gasteiger partial charge < -0.3 is 14.6 Å². The fraction of sp³-hybridized carbons (Fsp3) is 0.235. The van der Waals surface area contributed by atoms with E-state index in [2.05, 4.69) is 55.4 Å². The molecule has 0 aliphatic heterocycles. The lowest BCUT2D eigenvalue weighted by molar-refractivity contribution is 0.188. The second-order valence-corrected chi connectivity index (χ2v) is 5.63. The van der Waals surface area contributed by atoms with Crippen molar-refractivity contribution >= 4 is 33.4 Å². The van der Waals surface area contributed by atoms with E-state index < -0.39 is 0 Å². The lowest BCUT2D eigenvalue weighted by Crippen LogP contribution is -2.02. The number of benzene rings is 1. The molecule has 0 saturated heterocycles. The number of fused-ring (bicyclic) bond motifs is 2. The van der Waals surface area contributed by atoms with Crippen LogP contribution in [-0.2, 0) is 18.3 Å². The Hall–Kier alpha value is -2.93. The number of hydrogen-bond donors (Lipinski definition) is 1. The summed E-state index contributed by atoms with van der Waals surface area (Å²) in [6.07, 6.45) is 5.40. The predicted molar refractivity (Wildman–Crippen MR) is 93.4 cm³/mol. The summed E-state index contributed by atoms with van der Waals surface area (Å²) in [5, 5.41) is 9.68. The van der Waals surface area contributed by atoms with E-state index >= 15 is 0 Å². The quantitative estimate of drug-likeness (QED) is 0.612. The fourth-order valence-electron chi connectivity index (χ4n) is 2.86. The molecule has 3 aromatic heterocycles. The van der Waals surface area contributed by atoms with E-state index in [-0.39, 0.29) is 0 Å². The number of hydrogen-bond acceptors (Lipinski definition) is 5. The van der Waals surface area contributed by atoms with Gasteiger partial charge in [-0.15, -0.1) is 0 Å². The lowest BCUT2D eigenvalue weighted by atomic mass is 10.2. The zero-order valence-electron chi connectivity index (χ0n) is 13.6. The highest BCUT2D eigenvalue weighted by Crippen LogP contribution is 2.25. The molecule has 4 aromatic rings. The topological polar surface area (TPSA) is 69.8 Å². The number of aryl methyl sites for hydroxylation is 1. The molecule has 4 rings (SSSR count). The van der Waals surface area contributed by atoms with E-state index in [0.29, 0.717) is 6.61 Å². The van der Waals surface area contributed by atoms with Crippen LogP contribution in [-0.4, -0.2) is 38.0 Å². The van der Waals surface area contributed by atoms with Gasteiger partial charge in [-0.1, -0.05) is 0 Å². The summed E-state index contributed by atoms with van der Waals surface area (Å²) in [7, 11) is 3.59. The molecule has 0 aliphatic rings. The third-order valence-corrected chi connectivity index (χ3v) is 4.10. The first kappa shape index (κ1) is 14.6. The van der Waals surface area contributed by atoms with Crippen molar-refractivity contribution in [2.45, 2.75) is 6.54 Å². The average Bonchev–Trinajstić information content (AvgIpc) is 3.17. The van der Waals surface area contributed by atoms with Gasteiger partial charge in [0.05, 0.1) is 18.2 Å². The summed E-state index contributed by atoms with van der Waals surface area (Å²) in [4.78, 5) is 8.60. The average molecular weight is 322 g/mol. The molecule has 0 bridgehead atoms. The van der Waals surface area contributed by atoms with Gasteiger partial charge in [0.25, 0.3) is 0 Å². The Bertz CT molecular complexity index is 1000. The Morgan fingerprint density at radius 3 is 3.00 bits per heavy atom. The van der Waals surface area contributed by atoms with Gasteiger partial charge in [0.15, 0.2) is 5.65 Å². The maximum absolute atomic E-state index is 5.15. The van der Waals surface area contributed by atoms with Crippen LogP contribution in [0, 0.1) is 0 Å². The summed E-state index contributed by atoms with van der Waals surface area (Å²) in [6.45, 7) is 1.54. The number of anilines is 2. The first-order chi connectivity index (χ1) is 11.8. The van der Waals surface area contributed by atoms with Gasteiger partial charge in [-0.3, -0.25) is 4.68 Å². The molecule has 0 atom stereocenters. The second-order valence-electron chi connectivity index (χ2n) is 5.63. The van der Waals surface area contributed by atoms with Crippen LogP contribution in [0.1, 0.15) is 0 Å². The lowest BCUT2D eigenvalue weighted by Gasteiger charge is -2.08. The molecule has 0 radical (unpaired) electrons. The van der Waals surface area contributed by atoms with E-state index in [1.54, 1.807) is 24.3 Å². The van der Waals surface area contributed by atoms with E-state index in [9.17, 15) is 0 Å². The first-order valence-corrected chi connectivity index (χ1v) is 7.74. The largest absolute Gasteiger partial charge is 0.383 e. The molecule has 24 heavy (non-hydrogen) atoms. The minimum atomic E-state index is 0.698. The molecule has 0 unspecified atom stereocenters. The van der Waals surface area contributed by atoms with Crippen LogP contribution in [0.25, 0.3) is 21.9 Å². The van der Waals surface area contributed by atoms with Gasteiger partial charge in [-0.2, -0.15) is 5.10 Å². The number of ether oxygens (including phenoxy) is 1. The second kappa shape index (κ2) is 5.93. The number of nitrogens with one attached hydrogen (secondary N) is 1. The van der Waals surface area contributed by atoms with Crippen molar-refractivity contribution in [3.63, 3.8) is 0 Å². The van der Waals surface area contributed by atoms with E-state index in [0.717, 1.165) is 29.1 Å². The van der Waals surface area contributed by atoms with Gasteiger partial charge >= 0.3 is 0 Å². The van der Waals surface area contributed by atoms with Crippen molar-refractivity contribution in [1.29, 1.82) is 0 Å². The Morgan fingerprint density at radius 1 is 1.21 bits per heavy atom. The van der Waals surface area contributed by atoms with Gasteiger partial charge in [0, 0.05) is 43.5 Å². The Balaban J connectivity index is 1.67. The van der Waals surface area contributed by atoms with Gasteiger partial charge in [0.1, 0.15) is 12.1 Å². The van der Waals surface area contributed by atoms with Gasteiger partial charge in [0.2, 0.25) is 0 Å². The van der Waals surface area contributed by atoms with Crippen molar-refractivity contribution in [2.24, 2.45) is 7.05 Å². The smallest absolute Gasteiger partial charge is 0.163 e. The Kier molecular flexibility index (Phi) is 3.62. The minimum Gasteiger partial charge on any atom is -0.383 e. The van der Waals surface area contributed by atoms with Crippen LogP contribution in [0.15, 0.2) is 43.0 Å². The highest BCUT2D eigenvalue weighted by Gasteiger charge is 2.09. The molecule has 7 nitrogen and oxygen atoms in total. The first-order valence-electron chi connectivity index (χ1n) is 7.74. The third kappa shape index (κ3) is 2.48. The van der Waals surface area contributed by atoms with Crippen LogP contribution in [0.5, 0.6) is 0 Å². The molecule has 0 amide bonds. The van der Waals surface area contributed by atoms with E-state index in [1.165, 1.54) is 10.9 Å². The van der Waals surface area contributed by atoms with Crippen molar-refractivity contribution in [2.75, 3.05) is 19.0 Å². The molecule has 1 aromatic carbocycles. The molecule has 0 spiro atoms. The van der Waals surface area contributed by atoms with Gasteiger partial charge in [-0.25, -0.2) is 9.97 Å². The van der Waals surface area contributed by atoms with Crippen LogP contribution >= 0.6 is 0 Å². The summed E-state index contributed by atoms with van der Waals surface area (Å²) in [5.74, 6) is 0.756. The van der Waals surface area contributed by atoms with E-state index in [4.69, 9.17) is 4.74 Å². The summed E-state index contributed by atoms with van der Waals surface area (Å²) in [5.41, 5.74) is 2.97. The third-order valence-electron chi connectivity index (χ3n) is 4.10. The summed E-state index contributed by atoms with van der Waals surface area (Å²) in [6, 6.07) is 8.38. The Morgan fingerprint density at radius 2 is 2.12 bits per heavy atom. The van der Waals surface area contributed by atoms with Crippen LogP contribution in [0.3, 0.4) is 0 Å². The van der Waals surface area contributed by atoms with E-state index in [1.807, 2.05) is 7.05 Å². The molecular formula is C17H18N6O. The highest BCUT2D eigenvalue weighted by atomic mass is 16.5. The summed E-state index contributed by atoms with van der Waals surface area (Å²) >= 11 is 0. The normalized spacial score (nSPS) is 11.4. The zero-order valence-corrected chi connectivity index (χ0v) is 13.6. The maximum atomic E-state index is 5.15. The number of aromatic nitrogens is 5. The minimum absolute atomic E-state index is 0.698. The fourth-order valence-corrected chi connectivity index (χ4v) is 2.86. The Labute approximate surface area is 138 Å². The van der Waals surface area contributed by atoms with Gasteiger partial charge in [-0.05, 0) is 24.3 Å². The number of rotatable bonds is 5. The van der Waals surface area contributed by atoms with Crippen molar-refractivity contribution < 1.29 is 4.74 Å². The maximum Gasteiger partial charge on any atom is 0.163 e. The van der Waals surface area contributed by atoms with Crippen molar-refractivity contribution in [3.05, 3.63) is 43.0 Å². The van der Waals surface area contributed by atoms with Crippen LogP contribution in [0.4, 0.5) is 11.5 Å². The molecule has 7 heteroatoms. The monoisotopic (exact) mass is 322 g/mol. The molecule has 0 saturated carbocycles.